The van der Waals surface area contributed by atoms with E-state index in [1.54, 1.807) is 0 Å². The molecule has 4 saturated carbocycles. The summed E-state index contributed by atoms with van der Waals surface area (Å²) >= 11 is 0. The van der Waals surface area contributed by atoms with Gasteiger partial charge >= 0.3 is 6.18 Å². The highest BCUT2D eigenvalue weighted by molar-refractivity contribution is 5.11. The molecule has 4 aliphatic rings. The SMILES string of the molecule is CC[C@H]1CC[C@@]2(C)C(CCC3C2CC[C@@]2(C)C3CCC2C(C)(C)CC(F)(F)F)C1. The Kier molecular flexibility index (Phi) is 5.43. The van der Waals surface area contributed by atoms with Crippen LogP contribution in [0.15, 0.2) is 0 Å². The van der Waals surface area contributed by atoms with E-state index in [2.05, 4.69) is 20.8 Å². The lowest BCUT2D eigenvalue weighted by molar-refractivity contribution is -0.173. The summed E-state index contributed by atoms with van der Waals surface area (Å²) in [6.07, 6.45) is 8.18. The molecule has 8 atom stereocenters. The molecule has 0 aromatic carbocycles. The van der Waals surface area contributed by atoms with Gasteiger partial charge in [-0.05, 0) is 110 Å². The first-order valence-electron chi connectivity index (χ1n) is 12.5. The summed E-state index contributed by atoms with van der Waals surface area (Å²) in [4.78, 5) is 0. The highest BCUT2D eigenvalue weighted by Gasteiger charge is 2.62. The van der Waals surface area contributed by atoms with Crippen molar-refractivity contribution in [1.82, 2.24) is 0 Å². The van der Waals surface area contributed by atoms with Crippen LogP contribution in [0.4, 0.5) is 13.2 Å². The Morgan fingerprint density at radius 1 is 0.828 bits per heavy atom. The molecule has 5 unspecified atom stereocenters. The van der Waals surface area contributed by atoms with E-state index >= 15 is 0 Å². The van der Waals surface area contributed by atoms with Crippen LogP contribution in [-0.2, 0) is 0 Å². The van der Waals surface area contributed by atoms with E-state index in [-0.39, 0.29) is 11.3 Å². The maximum atomic E-state index is 13.3. The quantitative estimate of drug-likeness (QED) is 0.435. The fourth-order valence-corrected chi connectivity index (χ4v) is 9.64. The van der Waals surface area contributed by atoms with Gasteiger partial charge in [-0.1, -0.05) is 41.0 Å². The van der Waals surface area contributed by atoms with E-state index < -0.39 is 18.0 Å². The molecule has 29 heavy (non-hydrogen) atoms. The number of rotatable bonds is 3. The zero-order valence-electron chi connectivity index (χ0n) is 19.4. The molecule has 0 amide bonds. The molecule has 0 saturated heterocycles. The van der Waals surface area contributed by atoms with Gasteiger partial charge in [0.15, 0.2) is 0 Å². The standard InChI is InChI=1S/C26H43F3/c1-6-17-11-13-24(4)18(15-17)7-8-19-20-9-10-22(23(2,3)16-26(27,28)29)25(20,5)14-12-21(19)24/h17-22H,6-16H2,1-5H3/t17-,18?,19?,20?,21?,22?,24-,25-/m0/s1. The Labute approximate surface area is 176 Å². The Balaban J connectivity index is 1.55. The third-order valence-electron chi connectivity index (χ3n) is 11.0. The Hall–Kier alpha value is -0.210. The van der Waals surface area contributed by atoms with Gasteiger partial charge in [0.2, 0.25) is 0 Å². The molecule has 0 nitrogen and oxygen atoms in total. The average molecular weight is 413 g/mol. The van der Waals surface area contributed by atoms with Crippen molar-refractivity contribution in [3.63, 3.8) is 0 Å². The minimum Gasteiger partial charge on any atom is -0.171 e. The first kappa shape index (κ1) is 22.0. The predicted molar refractivity (Wildman–Crippen MR) is 113 cm³/mol. The van der Waals surface area contributed by atoms with Crippen LogP contribution >= 0.6 is 0 Å². The molecule has 168 valence electrons. The predicted octanol–water partition coefficient (Wildman–Crippen LogP) is 8.65. The van der Waals surface area contributed by atoms with Crippen molar-refractivity contribution in [3.05, 3.63) is 0 Å². The van der Waals surface area contributed by atoms with Crippen LogP contribution in [0.25, 0.3) is 0 Å². The fraction of sp³-hybridized carbons (Fsp3) is 1.00. The van der Waals surface area contributed by atoms with E-state index in [1.807, 2.05) is 13.8 Å². The molecule has 0 radical (unpaired) electrons. The smallest absolute Gasteiger partial charge is 0.171 e. The summed E-state index contributed by atoms with van der Waals surface area (Å²) in [5.74, 6) is 4.27. The number of halogens is 3. The first-order valence-corrected chi connectivity index (χ1v) is 12.5. The third-order valence-corrected chi connectivity index (χ3v) is 11.0. The molecule has 4 rings (SSSR count). The van der Waals surface area contributed by atoms with Crippen molar-refractivity contribution in [2.24, 2.45) is 51.8 Å². The van der Waals surface area contributed by atoms with Crippen LogP contribution < -0.4 is 0 Å². The zero-order valence-corrected chi connectivity index (χ0v) is 19.4. The second kappa shape index (κ2) is 7.16. The van der Waals surface area contributed by atoms with Crippen molar-refractivity contribution >= 4 is 0 Å². The number of fused-ring (bicyclic) bond motifs is 5. The first-order chi connectivity index (χ1) is 13.4. The highest BCUT2D eigenvalue weighted by atomic mass is 19.4. The summed E-state index contributed by atoms with van der Waals surface area (Å²) in [6.45, 7) is 11.1. The summed E-state index contributed by atoms with van der Waals surface area (Å²) < 4.78 is 40.0. The second-order valence-electron chi connectivity index (χ2n) is 12.7. The van der Waals surface area contributed by atoms with Gasteiger partial charge < -0.3 is 0 Å². The summed E-state index contributed by atoms with van der Waals surface area (Å²) in [7, 11) is 0. The van der Waals surface area contributed by atoms with Crippen molar-refractivity contribution < 1.29 is 13.2 Å². The van der Waals surface area contributed by atoms with E-state index in [9.17, 15) is 13.2 Å². The van der Waals surface area contributed by atoms with Crippen molar-refractivity contribution in [1.29, 1.82) is 0 Å². The van der Waals surface area contributed by atoms with Gasteiger partial charge in [0, 0.05) is 6.42 Å². The number of alkyl halides is 3. The molecule has 0 aliphatic heterocycles. The normalized spacial score (nSPS) is 48.0. The topological polar surface area (TPSA) is 0 Å². The molecule has 0 N–H and O–H groups in total. The van der Waals surface area contributed by atoms with Gasteiger partial charge in [-0.2, -0.15) is 13.2 Å². The van der Waals surface area contributed by atoms with Crippen LogP contribution in [0.1, 0.15) is 105 Å². The van der Waals surface area contributed by atoms with Crippen LogP contribution in [0, 0.1) is 51.8 Å². The third kappa shape index (κ3) is 3.59. The van der Waals surface area contributed by atoms with Gasteiger partial charge in [0.25, 0.3) is 0 Å². The second-order valence-corrected chi connectivity index (χ2v) is 12.7. The maximum absolute atomic E-state index is 13.3. The molecule has 0 aromatic rings. The molecule has 3 heteroatoms. The van der Waals surface area contributed by atoms with E-state index in [4.69, 9.17) is 0 Å². The average Bonchev–Trinajstić information content (AvgIpc) is 2.97. The maximum Gasteiger partial charge on any atom is 0.389 e. The lowest BCUT2D eigenvalue weighted by Crippen LogP contribution is -2.54. The lowest BCUT2D eigenvalue weighted by Gasteiger charge is -2.62. The van der Waals surface area contributed by atoms with Gasteiger partial charge in [-0.15, -0.1) is 0 Å². The molecule has 0 heterocycles. The molecule has 4 fully saturated rings. The van der Waals surface area contributed by atoms with Gasteiger partial charge in [0.1, 0.15) is 0 Å². The lowest BCUT2D eigenvalue weighted by atomic mass is 9.43. The molecular formula is C26H43F3. The Bertz CT molecular complexity index is 608. The van der Waals surface area contributed by atoms with Crippen LogP contribution in [-0.4, -0.2) is 6.18 Å². The molecule has 0 spiro atoms. The Morgan fingerprint density at radius 3 is 2.14 bits per heavy atom. The highest BCUT2D eigenvalue weighted by Crippen LogP contribution is 2.70. The number of hydrogen-bond acceptors (Lipinski definition) is 0. The van der Waals surface area contributed by atoms with E-state index in [0.717, 1.165) is 36.5 Å². The van der Waals surface area contributed by atoms with Gasteiger partial charge in [0.05, 0.1) is 0 Å². The molecule has 0 bridgehead atoms. The molecule has 4 aliphatic carbocycles. The van der Waals surface area contributed by atoms with E-state index in [1.165, 1.54) is 51.4 Å². The largest absolute Gasteiger partial charge is 0.389 e. The van der Waals surface area contributed by atoms with Gasteiger partial charge in [-0.3, -0.25) is 0 Å². The zero-order chi connectivity index (χ0) is 21.2. The number of hydrogen-bond donors (Lipinski definition) is 0. The van der Waals surface area contributed by atoms with Crippen LogP contribution in [0.5, 0.6) is 0 Å². The summed E-state index contributed by atoms with van der Waals surface area (Å²) in [5.41, 5.74) is -0.0376. The Morgan fingerprint density at radius 2 is 1.48 bits per heavy atom. The van der Waals surface area contributed by atoms with Crippen LogP contribution in [0.2, 0.25) is 0 Å². The monoisotopic (exact) mass is 412 g/mol. The molecular weight excluding hydrogens is 369 g/mol. The van der Waals surface area contributed by atoms with Crippen molar-refractivity contribution in [2.45, 2.75) is 111 Å². The van der Waals surface area contributed by atoms with Crippen molar-refractivity contribution in [3.8, 4) is 0 Å². The summed E-state index contributed by atoms with van der Waals surface area (Å²) in [5, 5.41) is 0. The van der Waals surface area contributed by atoms with Crippen molar-refractivity contribution in [2.75, 3.05) is 0 Å². The van der Waals surface area contributed by atoms with E-state index in [0.29, 0.717) is 11.3 Å². The summed E-state index contributed by atoms with van der Waals surface area (Å²) in [6, 6.07) is 0. The minimum atomic E-state index is -4.06. The molecule has 0 aromatic heterocycles. The van der Waals surface area contributed by atoms with Gasteiger partial charge in [-0.25, -0.2) is 0 Å². The van der Waals surface area contributed by atoms with Crippen LogP contribution in [0.3, 0.4) is 0 Å². The minimum absolute atomic E-state index is 0.111. The fourth-order valence-electron chi connectivity index (χ4n) is 9.64.